The summed E-state index contributed by atoms with van der Waals surface area (Å²) in [5.74, 6) is 0. The van der Waals surface area contributed by atoms with E-state index in [1.165, 1.54) is 0 Å². The van der Waals surface area contributed by atoms with Gasteiger partial charge in [-0.25, -0.2) is 0 Å². The van der Waals surface area contributed by atoms with Crippen LogP contribution in [0.5, 0.6) is 0 Å². The minimum absolute atomic E-state index is 0.169. The van der Waals surface area contributed by atoms with Gasteiger partial charge in [0.2, 0.25) is 0 Å². The van der Waals surface area contributed by atoms with E-state index in [0.717, 1.165) is 11.1 Å². The Morgan fingerprint density at radius 1 is 1.32 bits per heavy atom. The average molecular weight is 284 g/mol. The lowest BCUT2D eigenvalue weighted by Gasteiger charge is -2.11. The molecule has 0 bridgehead atoms. The van der Waals surface area contributed by atoms with E-state index in [-0.39, 0.29) is 4.90 Å². The zero-order valence-electron chi connectivity index (χ0n) is 11.7. The number of ether oxygens (including phenoxy) is 1. The lowest BCUT2D eigenvalue weighted by atomic mass is 10.2. The van der Waals surface area contributed by atoms with Gasteiger partial charge in [-0.15, -0.1) is 0 Å². The van der Waals surface area contributed by atoms with Crippen LogP contribution in [0, 0.1) is 6.92 Å². The zero-order chi connectivity index (χ0) is 14.5. The van der Waals surface area contributed by atoms with Crippen LogP contribution < -0.4 is 0 Å². The van der Waals surface area contributed by atoms with Crippen molar-refractivity contribution in [2.24, 2.45) is 0 Å². The average Bonchev–Trinajstić information content (AvgIpc) is 2.28. The molecule has 1 aromatic carbocycles. The van der Waals surface area contributed by atoms with E-state index in [0.29, 0.717) is 6.61 Å². The topological polar surface area (TPSA) is 52.6 Å². The van der Waals surface area contributed by atoms with E-state index in [2.05, 4.69) is 0 Å². The number of benzene rings is 1. The molecular weight excluding hydrogens is 264 g/mol. The first-order chi connectivity index (χ1) is 8.85. The Bertz CT molecular complexity index is 529. The minimum Gasteiger partial charge on any atom is -0.380 e. The minimum atomic E-state index is -3.72. The molecule has 0 radical (unpaired) electrons. The Morgan fingerprint density at radius 2 is 1.89 bits per heavy atom. The molecule has 0 spiro atoms. The molecular formula is C14H20O4S. The standard InChI is InChI=1S/C14H20O4S/c1-11-5-7-14(8-6-11)19(15,16)18-13(3)9-12(2)10-17-4/h5-9,13H,10H2,1-4H3/b12-9+. The Labute approximate surface area is 115 Å². The van der Waals surface area contributed by atoms with Crippen LogP contribution in [0.25, 0.3) is 0 Å². The van der Waals surface area contributed by atoms with Crippen molar-refractivity contribution in [2.75, 3.05) is 13.7 Å². The molecule has 4 nitrogen and oxygen atoms in total. The second-order valence-corrected chi connectivity index (χ2v) is 6.09. The molecule has 0 aliphatic carbocycles. The highest BCUT2D eigenvalue weighted by molar-refractivity contribution is 7.86. The second kappa shape index (κ2) is 6.84. The quantitative estimate of drug-likeness (QED) is 0.595. The highest BCUT2D eigenvalue weighted by Gasteiger charge is 2.17. The molecule has 0 saturated heterocycles. The first kappa shape index (κ1) is 15.9. The predicted octanol–water partition coefficient (Wildman–Crippen LogP) is 2.68. The Morgan fingerprint density at radius 3 is 2.42 bits per heavy atom. The van der Waals surface area contributed by atoms with Gasteiger partial charge in [0.05, 0.1) is 17.6 Å². The van der Waals surface area contributed by atoms with Gasteiger partial charge >= 0.3 is 0 Å². The van der Waals surface area contributed by atoms with Gasteiger partial charge in [-0.05, 0) is 38.5 Å². The number of hydrogen-bond donors (Lipinski definition) is 0. The third kappa shape index (κ3) is 5.14. The van der Waals surface area contributed by atoms with Crippen LogP contribution in [0.15, 0.2) is 40.8 Å². The molecule has 0 aromatic heterocycles. The van der Waals surface area contributed by atoms with Gasteiger partial charge in [-0.3, -0.25) is 4.18 Å². The van der Waals surface area contributed by atoms with E-state index in [1.54, 1.807) is 44.4 Å². The maximum atomic E-state index is 12.0. The molecule has 19 heavy (non-hydrogen) atoms. The first-order valence-electron chi connectivity index (χ1n) is 6.01. The smallest absolute Gasteiger partial charge is 0.297 e. The van der Waals surface area contributed by atoms with Crippen molar-refractivity contribution >= 4 is 10.1 Å². The van der Waals surface area contributed by atoms with Gasteiger partial charge in [0.15, 0.2) is 0 Å². The number of methoxy groups -OCH3 is 1. The van der Waals surface area contributed by atoms with Crippen molar-refractivity contribution in [3.05, 3.63) is 41.5 Å². The van der Waals surface area contributed by atoms with E-state index in [1.807, 2.05) is 13.8 Å². The molecule has 1 rings (SSSR count). The van der Waals surface area contributed by atoms with Crippen molar-refractivity contribution < 1.29 is 17.3 Å². The summed E-state index contributed by atoms with van der Waals surface area (Å²) in [5, 5.41) is 0. The van der Waals surface area contributed by atoms with Gasteiger partial charge in [0.1, 0.15) is 0 Å². The van der Waals surface area contributed by atoms with Gasteiger partial charge in [-0.1, -0.05) is 23.8 Å². The number of rotatable bonds is 6. The molecule has 0 aliphatic heterocycles. The third-order valence-corrected chi connectivity index (χ3v) is 3.89. The molecule has 0 heterocycles. The normalized spacial score (nSPS) is 14.4. The summed E-state index contributed by atoms with van der Waals surface area (Å²) >= 11 is 0. The van der Waals surface area contributed by atoms with Crippen molar-refractivity contribution in [3.8, 4) is 0 Å². The Kier molecular flexibility index (Phi) is 5.72. The van der Waals surface area contributed by atoms with Crippen LogP contribution in [-0.4, -0.2) is 28.2 Å². The molecule has 0 N–H and O–H groups in total. The van der Waals surface area contributed by atoms with Crippen molar-refractivity contribution in [1.29, 1.82) is 0 Å². The highest BCUT2D eigenvalue weighted by Crippen LogP contribution is 2.16. The van der Waals surface area contributed by atoms with Crippen LogP contribution in [0.2, 0.25) is 0 Å². The molecule has 106 valence electrons. The maximum Gasteiger partial charge on any atom is 0.297 e. The fourth-order valence-electron chi connectivity index (χ4n) is 1.66. The third-order valence-electron chi connectivity index (χ3n) is 2.48. The van der Waals surface area contributed by atoms with E-state index in [9.17, 15) is 8.42 Å². The lowest BCUT2D eigenvalue weighted by molar-refractivity contribution is 0.222. The second-order valence-electron chi connectivity index (χ2n) is 4.51. The van der Waals surface area contributed by atoms with Crippen molar-refractivity contribution in [2.45, 2.75) is 31.8 Å². The summed E-state index contributed by atoms with van der Waals surface area (Å²) in [6, 6.07) is 6.58. The molecule has 0 saturated carbocycles. The van der Waals surface area contributed by atoms with Gasteiger partial charge in [0, 0.05) is 7.11 Å². The maximum absolute atomic E-state index is 12.0. The monoisotopic (exact) mass is 284 g/mol. The molecule has 5 heteroatoms. The summed E-state index contributed by atoms with van der Waals surface area (Å²) in [5.41, 5.74) is 1.93. The molecule has 0 amide bonds. The summed E-state index contributed by atoms with van der Waals surface area (Å²) in [6.45, 7) is 5.90. The molecule has 0 aliphatic rings. The largest absolute Gasteiger partial charge is 0.380 e. The van der Waals surface area contributed by atoms with Crippen LogP contribution in [-0.2, 0) is 19.0 Å². The van der Waals surface area contributed by atoms with Crippen molar-refractivity contribution in [3.63, 3.8) is 0 Å². The summed E-state index contributed by atoms with van der Waals surface area (Å²) in [7, 11) is -2.13. The molecule has 1 unspecified atom stereocenters. The van der Waals surface area contributed by atoms with Gasteiger partial charge in [0.25, 0.3) is 10.1 Å². The summed E-state index contributed by atoms with van der Waals surface area (Å²) in [4.78, 5) is 0.169. The van der Waals surface area contributed by atoms with Crippen molar-refractivity contribution in [1.82, 2.24) is 0 Å². The van der Waals surface area contributed by atoms with E-state index >= 15 is 0 Å². The summed E-state index contributed by atoms with van der Waals surface area (Å²) in [6.07, 6.45) is 1.20. The molecule has 1 aromatic rings. The highest BCUT2D eigenvalue weighted by atomic mass is 32.2. The number of aryl methyl sites for hydroxylation is 1. The van der Waals surface area contributed by atoms with Gasteiger partial charge in [-0.2, -0.15) is 8.42 Å². The van der Waals surface area contributed by atoms with Crippen LogP contribution >= 0.6 is 0 Å². The number of hydrogen-bond acceptors (Lipinski definition) is 4. The fourth-order valence-corrected chi connectivity index (χ4v) is 2.70. The zero-order valence-corrected chi connectivity index (χ0v) is 12.5. The Balaban J connectivity index is 2.80. The van der Waals surface area contributed by atoms with Crippen LogP contribution in [0.1, 0.15) is 19.4 Å². The van der Waals surface area contributed by atoms with E-state index in [4.69, 9.17) is 8.92 Å². The SMILES string of the molecule is COC/C(C)=C/C(C)OS(=O)(=O)c1ccc(C)cc1. The molecule has 1 atom stereocenters. The lowest BCUT2D eigenvalue weighted by Crippen LogP contribution is -2.14. The fraction of sp³-hybridized carbons (Fsp3) is 0.429. The van der Waals surface area contributed by atoms with Crippen LogP contribution in [0.3, 0.4) is 0 Å². The Hall–Kier alpha value is -1.17. The van der Waals surface area contributed by atoms with Crippen LogP contribution in [0.4, 0.5) is 0 Å². The van der Waals surface area contributed by atoms with Gasteiger partial charge < -0.3 is 4.74 Å². The molecule has 0 fully saturated rings. The summed E-state index contributed by atoms with van der Waals surface area (Å²) < 4.78 is 34.1. The van der Waals surface area contributed by atoms with E-state index < -0.39 is 16.2 Å². The first-order valence-corrected chi connectivity index (χ1v) is 7.42. The predicted molar refractivity (Wildman–Crippen MR) is 74.5 cm³/mol.